The van der Waals surface area contributed by atoms with Gasteiger partial charge in [-0.15, -0.1) is 0 Å². The van der Waals surface area contributed by atoms with E-state index < -0.39 is 26.5 Å². The van der Waals surface area contributed by atoms with E-state index >= 15 is 0 Å². The number of hydrogen-bond donors (Lipinski definition) is 2. The zero-order chi connectivity index (χ0) is 24.9. The number of sulfonamides is 1. The number of methoxy groups -OCH3 is 3. The number of ether oxygens (including phenoxy) is 3. The van der Waals surface area contributed by atoms with Crippen molar-refractivity contribution in [3.8, 4) is 17.2 Å². The number of rotatable bonds is 9. The molecule has 0 saturated carbocycles. The minimum Gasteiger partial charge on any atom is -0.494 e. The van der Waals surface area contributed by atoms with Gasteiger partial charge in [0.05, 0.1) is 42.5 Å². The molecule has 0 aliphatic heterocycles. The van der Waals surface area contributed by atoms with Crippen molar-refractivity contribution in [2.75, 3.05) is 31.4 Å². The van der Waals surface area contributed by atoms with Crippen LogP contribution in [0.2, 0.25) is 0 Å². The number of nitrogens with one attached hydrogen (secondary N) is 2. The molecule has 178 valence electrons. The van der Waals surface area contributed by atoms with Crippen LogP contribution >= 0.6 is 0 Å². The van der Waals surface area contributed by atoms with Crippen molar-refractivity contribution in [2.24, 2.45) is 0 Å². The number of anilines is 2. The van der Waals surface area contributed by atoms with E-state index in [1.54, 1.807) is 30.3 Å². The van der Waals surface area contributed by atoms with Crippen LogP contribution in [0.1, 0.15) is 10.4 Å². The quantitative estimate of drug-likeness (QED) is 0.343. The zero-order valence-electron chi connectivity index (χ0n) is 18.4. The molecule has 0 bridgehead atoms. The summed E-state index contributed by atoms with van der Waals surface area (Å²) in [7, 11) is -0.351. The number of nitrogens with zero attached hydrogens (tertiary/aromatic N) is 1. The van der Waals surface area contributed by atoms with Crippen molar-refractivity contribution >= 4 is 33.0 Å². The molecule has 0 spiro atoms. The van der Waals surface area contributed by atoms with Crippen molar-refractivity contribution in [3.63, 3.8) is 0 Å². The topological polar surface area (TPSA) is 146 Å². The lowest BCUT2D eigenvalue weighted by Crippen LogP contribution is -2.15. The van der Waals surface area contributed by atoms with Gasteiger partial charge in [0.15, 0.2) is 5.75 Å². The first-order valence-corrected chi connectivity index (χ1v) is 11.2. The lowest BCUT2D eigenvalue weighted by atomic mass is 10.2. The molecular weight excluding hydrogens is 466 g/mol. The maximum Gasteiger partial charge on any atom is 0.312 e. The van der Waals surface area contributed by atoms with Crippen LogP contribution in [-0.4, -0.2) is 40.6 Å². The van der Waals surface area contributed by atoms with Crippen LogP contribution in [0.5, 0.6) is 17.2 Å². The predicted octanol–water partition coefficient (Wildman–Crippen LogP) is 3.67. The van der Waals surface area contributed by atoms with Gasteiger partial charge in [-0.1, -0.05) is 18.2 Å². The number of hydrogen-bond acceptors (Lipinski definition) is 8. The molecule has 34 heavy (non-hydrogen) atoms. The third-order valence-electron chi connectivity index (χ3n) is 4.71. The van der Waals surface area contributed by atoms with E-state index in [0.29, 0.717) is 5.56 Å². The molecule has 0 aliphatic carbocycles. The van der Waals surface area contributed by atoms with E-state index in [4.69, 9.17) is 14.2 Å². The Morgan fingerprint density at radius 1 is 0.853 bits per heavy atom. The second kappa shape index (κ2) is 10.1. The van der Waals surface area contributed by atoms with Crippen molar-refractivity contribution in [2.45, 2.75) is 4.90 Å². The van der Waals surface area contributed by atoms with Gasteiger partial charge in [-0.2, -0.15) is 0 Å². The fourth-order valence-corrected chi connectivity index (χ4v) is 4.12. The summed E-state index contributed by atoms with van der Waals surface area (Å²) < 4.78 is 43.7. The highest BCUT2D eigenvalue weighted by Crippen LogP contribution is 2.38. The summed E-state index contributed by atoms with van der Waals surface area (Å²) in [6.07, 6.45) is 0. The summed E-state index contributed by atoms with van der Waals surface area (Å²) in [4.78, 5) is 22.7. The molecule has 0 fully saturated rings. The number of benzene rings is 3. The number of nitro benzene ring substituents is 1. The van der Waals surface area contributed by atoms with E-state index in [1.807, 2.05) is 0 Å². The highest BCUT2D eigenvalue weighted by molar-refractivity contribution is 7.92. The molecule has 3 aromatic rings. The molecule has 12 heteroatoms. The lowest BCUT2D eigenvalue weighted by molar-refractivity contribution is -0.386. The van der Waals surface area contributed by atoms with Gasteiger partial charge in [-0.25, -0.2) is 8.42 Å². The molecular formula is C22H21N3O8S. The van der Waals surface area contributed by atoms with E-state index in [0.717, 1.165) is 6.07 Å². The average Bonchev–Trinajstić information content (AvgIpc) is 2.84. The Kier molecular flexibility index (Phi) is 7.21. The molecule has 0 radical (unpaired) electrons. The molecule has 3 aromatic carbocycles. The fourth-order valence-electron chi connectivity index (χ4n) is 3.04. The first kappa shape index (κ1) is 24.3. The Bertz CT molecular complexity index is 1330. The Balaban J connectivity index is 1.96. The summed E-state index contributed by atoms with van der Waals surface area (Å²) in [6.45, 7) is 0. The summed E-state index contributed by atoms with van der Waals surface area (Å²) in [6, 6.07) is 14.5. The Morgan fingerprint density at radius 3 is 2.03 bits per heavy atom. The van der Waals surface area contributed by atoms with Crippen LogP contribution in [0.4, 0.5) is 17.1 Å². The summed E-state index contributed by atoms with van der Waals surface area (Å²) in [5, 5.41) is 14.0. The maximum absolute atomic E-state index is 13.0. The van der Waals surface area contributed by atoms with Gasteiger partial charge in [0.25, 0.3) is 15.9 Å². The standard InChI is InChI=1S/C22H21N3O8S/c1-31-19-10-9-15(11-18(19)25(27)28)34(29,30)24-17-13-20(32-2)16(12-21(17)33-3)23-22(26)14-7-5-4-6-8-14/h4-13,24H,1-3H3,(H,23,26). The van der Waals surface area contributed by atoms with Crippen molar-refractivity contribution < 1.29 is 32.3 Å². The molecule has 0 aliphatic rings. The van der Waals surface area contributed by atoms with Crippen molar-refractivity contribution in [3.05, 3.63) is 76.3 Å². The van der Waals surface area contributed by atoms with Crippen LogP contribution in [-0.2, 0) is 10.0 Å². The highest BCUT2D eigenvalue weighted by Gasteiger charge is 2.24. The van der Waals surface area contributed by atoms with Crippen molar-refractivity contribution in [1.82, 2.24) is 0 Å². The lowest BCUT2D eigenvalue weighted by Gasteiger charge is -2.17. The number of carbonyl (C=O) groups excluding carboxylic acids is 1. The SMILES string of the molecule is COc1cc(NS(=O)(=O)c2ccc(OC)c([N+](=O)[O-])c2)c(OC)cc1NC(=O)c1ccccc1. The molecule has 0 aromatic heterocycles. The Hall–Kier alpha value is -4.32. The van der Waals surface area contributed by atoms with Gasteiger partial charge in [-0.3, -0.25) is 19.6 Å². The monoisotopic (exact) mass is 487 g/mol. The molecule has 0 atom stereocenters. The first-order valence-electron chi connectivity index (χ1n) is 9.67. The third kappa shape index (κ3) is 5.18. The van der Waals surface area contributed by atoms with Crippen LogP contribution in [0.3, 0.4) is 0 Å². The van der Waals surface area contributed by atoms with Crippen molar-refractivity contribution in [1.29, 1.82) is 0 Å². The Labute approximate surface area is 195 Å². The van der Waals surface area contributed by atoms with E-state index in [2.05, 4.69) is 10.0 Å². The Morgan fingerprint density at radius 2 is 1.44 bits per heavy atom. The van der Waals surface area contributed by atoms with Gasteiger partial charge in [-0.05, 0) is 24.3 Å². The molecule has 1 amide bonds. The second-order valence-corrected chi connectivity index (χ2v) is 8.45. The zero-order valence-corrected chi connectivity index (χ0v) is 19.2. The van der Waals surface area contributed by atoms with E-state index in [9.17, 15) is 23.3 Å². The molecule has 11 nitrogen and oxygen atoms in total. The summed E-state index contributed by atoms with van der Waals surface area (Å²) in [5.41, 5.74) is 0.148. The number of carbonyl (C=O) groups is 1. The molecule has 0 unspecified atom stereocenters. The molecule has 3 rings (SSSR count). The van der Waals surface area contributed by atoms with Gasteiger partial charge in [0.2, 0.25) is 0 Å². The number of amides is 1. The smallest absolute Gasteiger partial charge is 0.312 e. The van der Waals surface area contributed by atoms with Gasteiger partial charge >= 0.3 is 5.69 Å². The van der Waals surface area contributed by atoms with Gasteiger partial charge in [0.1, 0.15) is 11.5 Å². The van der Waals surface area contributed by atoms with Gasteiger partial charge in [0, 0.05) is 23.8 Å². The van der Waals surface area contributed by atoms with E-state index in [1.165, 1.54) is 45.6 Å². The normalized spacial score (nSPS) is 10.8. The average molecular weight is 487 g/mol. The minimum atomic E-state index is -4.26. The van der Waals surface area contributed by atoms with Crippen LogP contribution < -0.4 is 24.2 Å². The molecule has 0 saturated heterocycles. The summed E-state index contributed by atoms with van der Waals surface area (Å²) >= 11 is 0. The maximum atomic E-state index is 13.0. The number of nitro groups is 1. The highest BCUT2D eigenvalue weighted by atomic mass is 32.2. The molecule has 2 N–H and O–H groups in total. The summed E-state index contributed by atoms with van der Waals surface area (Å²) in [5.74, 6) is -0.249. The first-order chi connectivity index (χ1) is 16.2. The van der Waals surface area contributed by atoms with Crippen LogP contribution in [0, 0.1) is 10.1 Å². The third-order valence-corrected chi connectivity index (χ3v) is 6.07. The largest absolute Gasteiger partial charge is 0.494 e. The molecule has 0 heterocycles. The second-order valence-electron chi connectivity index (χ2n) is 6.77. The fraction of sp³-hybridized carbons (Fsp3) is 0.136. The van der Waals surface area contributed by atoms with Gasteiger partial charge < -0.3 is 19.5 Å². The van der Waals surface area contributed by atoms with E-state index in [-0.39, 0.29) is 33.5 Å². The minimum absolute atomic E-state index is 0.00414. The van der Waals surface area contributed by atoms with Crippen LogP contribution in [0.15, 0.2) is 65.6 Å². The van der Waals surface area contributed by atoms with Crippen LogP contribution in [0.25, 0.3) is 0 Å². The predicted molar refractivity (Wildman–Crippen MR) is 124 cm³/mol.